The number of fused-ring (bicyclic) bond motifs is 1. The summed E-state index contributed by atoms with van der Waals surface area (Å²) in [7, 11) is 3.08. The van der Waals surface area contributed by atoms with Gasteiger partial charge in [-0.2, -0.15) is 9.61 Å². The van der Waals surface area contributed by atoms with Gasteiger partial charge in [0.15, 0.2) is 23.0 Å². The molecule has 3 N–H and O–H groups in total. The molecular weight excluding hydrogens is 425 g/mol. The number of hydrogen-bond acceptors (Lipinski definition) is 8. The average molecular weight is 447 g/mol. The van der Waals surface area contributed by atoms with E-state index >= 15 is 0 Å². The van der Waals surface area contributed by atoms with Crippen LogP contribution in [0.2, 0.25) is 0 Å². The summed E-state index contributed by atoms with van der Waals surface area (Å²) in [5.74, 6) is 1.41. The lowest BCUT2D eigenvalue weighted by molar-refractivity contribution is 0.386. The first-order valence-corrected chi connectivity index (χ1v) is 10.1. The molecule has 0 unspecified atom stereocenters. The van der Waals surface area contributed by atoms with Crippen LogP contribution in [0.4, 0.5) is 10.3 Å². The number of halogens is 1. The summed E-state index contributed by atoms with van der Waals surface area (Å²) in [6, 6.07) is 8.53. The average Bonchev–Trinajstić information content (AvgIpc) is 3.25. The molecule has 1 aromatic carbocycles. The van der Waals surface area contributed by atoms with E-state index in [0.29, 0.717) is 41.8 Å². The van der Waals surface area contributed by atoms with Crippen LogP contribution in [-0.2, 0) is 12.8 Å². The van der Waals surface area contributed by atoms with Crippen LogP contribution in [0.3, 0.4) is 0 Å². The predicted molar refractivity (Wildman–Crippen MR) is 122 cm³/mol. The Labute approximate surface area is 189 Å². The van der Waals surface area contributed by atoms with Crippen molar-refractivity contribution in [2.24, 2.45) is 10.7 Å². The van der Waals surface area contributed by atoms with E-state index in [1.54, 1.807) is 42.2 Å². The van der Waals surface area contributed by atoms with Gasteiger partial charge in [0.2, 0.25) is 5.95 Å². The Balaban J connectivity index is 1.52. The van der Waals surface area contributed by atoms with Crippen molar-refractivity contribution in [1.82, 2.24) is 29.8 Å². The minimum Gasteiger partial charge on any atom is -0.494 e. The van der Waals surface area contributed by atoms with E-state index in [1.165, 1.54) is 19.4 Å². The highest BCUT2D eigenvalue weighted by Crippen LogP contribution is 2.20. The largest absolute Gasteiger partial charge is 0.494 e. The number of nitrogens with two attached hydrogens (primary N) is 1. The van der Waals surface area contributed by atoms with Gasteiger partial charge in [0, 0.05) is 25.2 Å². The van der Waals surface area contributed by atoms with Crippen LogP contribution in [0, 0.1) is 5.82 Å². The van der Waals surface area contributed by atoms with Crippen molar-refractivity contribution in [2.45, 2.75) is 12.8 Å². The number of anilines is 1. The van der Waals surface area contributed by atoms with Gasteiger partial charge in [0.05, 0.1) is 19.0 Å². The van der Waals surface area contributed by atoms with Crippen LogP contribution >= 0.6 is 0 Å². The number of hydrogen-bond donors (Lipinski definition) is 2. The SMILES string of the molecule is CN=C(C=CN)Nc1nccc(-c2cnn3c(CCc4ccc(OC)c(F)c4)nnc3c2)n1. The summed E-state index contributed by atoms with van der Waals surface area (Å²) >= 11 is 0. The molecule has 0 bridgehead atoms. The van der Waals surface area contributed by atoms with Gasteiger partial charge < -0.3 is 15.8 Å². The lowest BCUT2D eigenvalue weighted by Gasteiger charge is -2.07. The van der Waals surface area contributed by atoms with Crippen molar-refractivity contribution < 1.29 is 9.13 Å². The highest BCUT2D eigenvalue weighted by Gasteiger charge is 2.11. The summed E-state index contributed by atoms with van der Waals surface area (Å²) in [5.41, 5.74) is 8.26. The molecule has 3 aromatic heterocycles. The van der Waals surface area contributed by atoms with Gasteiger partial charge in [0.25, 0.3) is 0 Å². The maximum Gasteiger partial charge on any atom is 0.228 e. The van der Waals surface area contributed by atoms with Crippen molar-refractivity contribution in [3.8, 4) is 17.0 Å². The minimum atomic E-state index is -0.390. The Hall–Kier alpha value is -4.41. The minimum absolute atomic E-state index is 0.220. The quantitative estimate of drug-likeness (QED) is 0.326. The van der Waals surface area contributed by atoms with E-state index in [-0.39, 0.29) is 11.6 Å². The monoisotopic (exact) mass is 447 g/mol. The molecule has 0 aliphatic heterocycles. The van der Waals surface area contributed by atoms with Crippen molar-refractivity contribution in [3.63, 3.8) is 0 Å². The Morgan fingerprint density at radius 3 is 2.88 bits per heavy atom. The Bertz CT molecular complexity index is 1330. The fourth-order valence-electron chi connectivity index (χ4n) is 3.21. The molecule has 3 heterocycles. The van der Waals surface area contributed by atoms with Crippen LogP contribution in [0.1, 0.15) is 11.4 Å². The predicted octanol–water partition coefficient (Wildman–Crippen LogP) is 2.43. The summed E-state index contributed by atoms with van der Waals surface area (Å²) in [6.07, 6.45) is 7.46. The number of amidine groups is 1. The third kappa shape index (κ3) is 4.92. The standard InChI is InChI=1S/C22H22FN9O/c1-25-19(7-9-24)29-22-26-10-8-17(28-22)15-12-21-31-30-20(32(21)27-13-15)6-4-14-3-5-18(33-2)16(23)11-14/h3,5,7-13H,4,6,24H2,1-2H3,(H,25,26,28,29). The Morgan fingerprint density at radius 1 is 1.24 bits per heavy atom. The zero-order valence-electron chi connectivity index (χ0n) is 18.1. The molecule has 0 aliphatic rings. The highest BCUT2D eigenvalue weighted by molar-refractivity contribution is 6.02. The number of benzene rings is 1. The number of aliphatic imine (C=N–C) groups is 1. The molecule has 0 atom stereocenters. The number of nitrogens with one attached hydrogen (secondary N) is 1. The van der Waals surface area contributed by atoms with Crippen LogP contribution in [-0.4, -0.2) is 49.8 Å². The van der Waals surface area contributed by atoms with Gasteiger partial charge in [-0.05, 0) is 48.5 Å². The van der Waals surface area contributed by atoms with Gasteiger partial charge in [-0.1, -0.05) is 6.07 Å². The number of aryl methyl sites for hydroxylation is 2. The number of methoxy groups -OCH3 is 1. The van der Waals surface area contributed by atoms with Gasteiger partial charge in [-0.15, -0.1) is 10.2 Å². The summed E-state index contributed by atoms with van der Waals surface area (Å²) in [5, 5.41) is 15.9. The molecule has 0 amide bonds. The van der Waals surface area contributed by atoms with Gasteiger partial charge >= 0.3 is 0 Å². The molecule has 0 aliphatic carbocycles. The van der Waals surface area contributed by atoms with Crippen LogP contribution in [0.5, 0.6) is 5.75 Å². The number of ether oxygens (including phenoxy) is 1. The second-order valence-electron chi connectivity index (χ2n) is 6.96. The molecular formula is C22H22FN9O. The third-order valence-corrected chi connectivity index (χ3v) is 4.87. The van der Waals surface area contributed by atoms with Gasteiger partial charge in [-0.3, -0.25) is 4.99 Å². The fraction of sp³-hybridized carbons (Fsp3) is 0.182. The zero-order chi connectivity index (χ0) is 23.2. The van der Waals surface area contributed by atoms with Crippen LogP contribution in [0.25, 0.3) is 16.9 Å². The molecule has 168 valence electrons. The first-order valence-electron chi connectivity index (χ1n) is 10.1. The normalized spacial score (nSPS) is 11.9. The van der Waals surface area contributed by atoms with Crippen molar-refractivity contribution in [2.75, 3.05) is 19.5 Å². The molecule has 11 heteroatoms. The fourth-order valence-corrected chi connectivity index (χ4v) is 3.21. The van der Waals surface area contributed by atoms with E-state index in [9.17, 15) is 4.39 Å². The Morgan fingerprint density at radius 2 is 2.12 bits per heavy atom. The summed E-state index contributed by atoms with van der Waals surface area (Å²) in [6.45, 7) is 0. The van der Waals surface area contributed by atoms with E-state index in [0.717, 1.165) is 11.1 Å². The number of nitrogens with zero attached hydrogens (tertiary/aromatic N) is 7. The van der Waals surface area contributed by atoms with Gasteiger partial charge in [0.1, 0.15) is 5.84 Å². The zero-order valence-corrected chi connectivity index (χ0v) is 18.1. The first kappa shape index (κ1) is 21.8. The lowest BCUT2D eigenvalue weighted by atomic mass is 10.1. The smallest absolute Gasteiger partial charge is 0.228 e. The Kier molecular flexibility index (Phi) is 6.48. The van der Waals surface area contributed by atoms with E-state index in [4.69, 9.17) is 10.5 Å². The van der Waals surface area contributed by atoms with Crippen LogP contribution in [0.15, 0.2) is 60.0 Å². The van der Waals surface area contributed by atoms with Crippen LogP contribution < -0.4 is 15.8 Å². The third-order valence-electron chi connectivity index (χ3n) is 4.87. The molecule has 4 rings (SSSR count). The van der Waals surface area contributed by atoms with E-state index in [2.05, 4.69) is 35.6 Å². The maximum absolute atomic E-state index is 13.9. The molecule has 10 nitrogen and oxygen atoms in total. The topological polar surface area (TPSA) is 128 Å². The second-order valence-corrected chi connectivity index (χ2v) is 6.96. The molecule has 0 fully saturated rings. The van der Waals surface area contributed by atoms with Gasteiger partial charge in [-0.25, -0.2) is 14.4 Å². The molecule has 0 spiro atoms. The van der Waals surface area contributed by atoms with E-state index in [1.807, 2.05) is 12.1 Å². The maximum atomic E-state index is 13.9. The number of aromatic nitrogens is 6. The molecule has 4 aromatic rings. The van der Waals surface area contributed by atoms with Crippen molar-refractivity contribution >= 4 is 17.4 Å². The molecule has 0 radical (unpaired) electrons. The summed E-state index contributed by atoms with van der Waals surface area (Å²) in [4.78, 5) is 12.8. The molecule has 0 saturated heterocycles. The van der Waals surface area contributed by atoms with E-state index < -0.39 is 0 Å². The molecule has 0 saturated carbocycles. The molecule has 33 heavy (non-hydrogen) atoms. The van der Waals surface area contributed by atoms with Crippen molar-refractivity contribution in [3.05, 3.63) is 72.2 Å². The number of rotatable bonds is 7. The first-order chi connectivity index (χ1) is 16.1. The second kappa shape index (κ2) is 9.81. The highest BCUT2D eigenvalue weighted by atomic mass is 19.1. The summed E-state index contributed by atoms with van der Waals surface area (Å²) < 4.78 is 20.6. The lowest BCUT2D eigenvalue weighted by Crippen LogP contribution is -2.12. The van der Waals surface area contributed by atoms with Crippen molar-refractivity contribution in [1.29, 1.82) is 0 Å².